The molecule has 29 heavy (non-hydrogen) atoms. The van der Waals surface area contributed by atoms with Gasteiger partial charge < -0.3 is 0 Å². The highest BCUT2D eigenvalue weighted by molar-refractivity contribution is 6.30. The second-order valence-corrected chi connectivity index (χ2v) is 9.64. The molecule has 0 nitrogen and oxygen atoms in total. The van der Waals surface area contributed by atoms with Crippen LogP contribution in [0.25, 0.3) is 22.3 Å². The summed E-state index contributed by atoms with van der Waals surface area (Å²) < 4.78 is 0. The largest absolute Gasteiger partial charge is 0.0843 e. The van der Waals surface area contributed by atoms with Crippen molar-refractivity contribution in [2.75, 3.05) is 0 Å². The van der Waals surface area contributed by atoms with E-state index in [0.717, 1.165) is 10.9 Å². The minimum absolute atomic E-state index is 0.0690. The summed E-state index contributed by atoms with van der Waals surface area (Å²) in [5.41, 5.74) is 10.2. The molecule has 144 valence electrons. The van der Waals surface area contributed by atoms with Crippen molar-refractivity contribution in [2.24, 2.45) is 11.8 Å². The number of hydrogen-bond acceptors (Lipinski definition) is 0. The molecule has 3 atom stereocenters. The smallest absolute Gasteiger partial charge is 0.0423 e. The van der Waals surface area contributed by atoms with Crippen LogP contribution in [0.5, 0.6) is 0 Å². The van der Waals surface area contributed by atoms with Gasteiger partial charge in [0.05, 0.1) is 0 Å². The Hall–Kier alpha value is -2.31. The van der Waals surface area contributed by atoms with Gasteiger partial charge in [-0.2, -0.15) is 0 Å². The van der Waals surface area contributed by atoms with Gasteiger partial charge in [-0.25, -0.2) is 0 Å². The van der Waals surface area contributed by atoms with E-state index < -0.39 is 0 Å². The molecule has 3 aliphatic carbocycles. The van der Waals surface area contributed by atoms with Crippen molar-refractivity contribution in [3.63, 3.8) is 0 Å². The lowest BCUT2D eigenvalue weighted by atomic mass is 9.58. The van der Waals surface area contributed by atoms with E-state index in [1.54, 1.807) is 5.57 Å². The van der Waals surface area contributed by atoms with E-state index in [2.05, 4.69) is 67.6 Å². The summed E-state index contributed by atoms with van der Waals surface area (Å²) >= 11 is 6.18. The normalized spacial score (nSPS) is 26.8. The Morgan fingerprint density at radius 1 is 0.862 bits per heavy atom. The van der Waals surface area contributed by atoms with Crippen molar-refractivity contribution >= 4 is 11.6 Å². The van der Waals surface area contributed by atoms with Crippen molar-refractivity contribution in [1.29, 1.82) is 0 Å². The lowest BCUT2D eigenvalue weighted by Crippen LogP contribution is -2.36. The lowest BCUT2D eigenvalue weighted by Gasteiger charge is -2.45. The van der Waals surface area contributed by atoms with Crippen molar-refractivity contribution in [1.82, 2.24) is 0 Å². The molecule has 3 aromatic rings. The first kappa shape index (κ1) is 17.5. The molecule has 3 aromatic carbocycles. The zero-order valence-electron chi connectivity index (χ0n) is 16.8. The monoisotopic (exact) mass is 396 g/mol. The summed E-state index contributed by atoms with van der Waals surface area (Å²) in [7, 11) is 0. The van der Waals surface area contributed by atoms with Crippen LogP contribution in [0, 0.1) is 11.8 Å². The van der Waals surface area contributed by atoms with E-state index >= 15 is 0 Å². The van der Waals surface area contributed by atoms with Gasteiger partial charge in [0.25, 0.3) is 0 Å². The van der Waals surface area contributed by atoms with Gasteiger partial charge in [0.1, 0.15) is 0 Å². The van der Waals surface area contributed by atoms with Gasteiger partial charge >= 0.3 is 0 Å². The Balaban J connectivity index is 1.66. The van der Waals surface area contributed by atoms with Gasteiger partial charge in [-0.15, -0.1) is 0 Å². The molecular weight excluding hydrogens is 372 g/mol. The molecule has 0 N–H and O–H groups in total. The van der Waals surface area contributed by atoms with E-state index in [9.17, 15) is 0 Å². The van der Waals surface area contributed by atoms with Crippen molar-refractivity contribution in [3.8, 4) is 22.3 Å². The van der Waals surface area contributed by atoms with Crippen LogP contribution in [-0.2, 0) is 5.41 Å². The molecular formula is C28H25Cl. The van der Waals surface area contributed by atoms with Gasteiger partial charge in [0.15, 0.2) is 0 Å². The molecule has 0 saturated heterocycles. The first-order valence-corrected chi connectivity index (χ1v) is 11.2. The molecule has 0 aliphatic heterocycles. The predicted octanol–water partition coefficient (Wildman–Crippen LogP) is 8.04. The van der Waals surface area contributed by atoms with Crippen LogP contribution in [0.15, 0.2) is 78.4 Å². The summed E-state index contributed by atoms with van der Waals surface area (Å²) in [6.45, 7) is 2.40. The third kappa shape index (κ3) is 2.45. The molecule has 1 fully saturated rings. The van der Waals surface area contributed by atoms with Crippen LogP contribution in [0.1, 0.15) is 43.7 Å². The van der Waals surface area contributed by atoms with Crippen LogP contribution < -0.4 is 0 Å². The maximum atomic E-state index is 6.18. The van der Waals surface area contributed by atoms with E-state index in [4.69, 9.17) is 11.6 Å². The third-order valence-corrected chi connectivity index (χ3v) is 7.76. The molecule has 1 heteroatoms. The van der Waals surface area contributed by atoms with E-state index in [-0.39, 0.29) is 5.41 Å². The molecule has 1 saturated carbocycles. The molecule has 0 aromatic heterocycles. The average Bonchev–Trinajstić information content (AvgIpc) is 3.03. The maximum absolute atomic E-state index is 6.18. The maximum Gasteiger partial charge on any atom is 0.0423 e. The number of benzene rings is 3. The summed E-state index contributed by atoms with van der Waals surface area (Å²) in [6.07, 6.45) is 7.81. The lowest BCUT2D eigenvalue weighted by molar-refractivity contribution is 0.284. The van der Waals surface area contributed by atoms with Crippen molar-refractivity contribution < 1.29 is 0 Å². The summed E-state index contributed by atoms with van der Waals surface area (Å²) in [4.78, 5) is 0. The molecule has 0 heterocycles. The summed E-state index contributed by atoms with van der Waals surface area (Å²) in [6, 6.07) is 24.4. The first-order chi connectivity index (χ1) is 14.2. The summed E-state index contributed by atoms with van der Waals surface area (Å²) in [5.74, 6) is 1.56. The van der Waals surface area contributed by atoms with E-state index in [1.165, 1.54) is 59.1 Å². The molecule has 3 aliphatic rings. The molecule has 0 radical (unpaired) electrons. The molecule has 3 unspecified atom stereocenters. The second-order valence-electron chi connectivity index (χ2n) is 9.20. The number of hydrogen-bond donors (Lipinski definition) is 0. The summed E-state index contributed by atoms with van der Waals surface area (Å²) in [5, 5.41) is 0.790. The number of rotatable bonds is 1. The predicted molar refractivity (Wildman–Crippen MR) is 122 cm³/mol. The third-order valence-electron chi connectivity index (χ3n) is 7.51. The quantitative estimate of drug-likeness (QED) is 0.365. The van der Waals surface area contributed by atoms with Crippen LogP contribution in [0.3, 0.4) is 0 Å². The van der Waals surface area contributed by atoms with Gasteiger partial charge in [-0.3, -0.25) is 0 Å². The van der Waals surface area contributed by atoms with Gasteiger partial charge in [0, 0.05) is 10.4 Å². The topological polar surface area (TPSA) is 0 Å². The Labute approximate surface area is 178 Å². The second kappa shape index (κ2) is 6.34. The van der Waals surface area contributed by atoms with Crippen LogP contribution in [0.2, 0.25) is 5.02 Å². The van der Waals surface area contributed by atoms with Gasteiger partial charge in [-0.1, -0.05) is 84.8 Å². The van der Waals surface area contributed by atoms with E-state index in [0.29, 0.717) is 5.92 Å². The zero-order valence-corrected chi connectivity index (χ0v) is 17.5. The minimum Gasteiger partial charge on any atom is -0.0843 e. The molecule has 6 rings (SSSR count). The highest BCUT2D eigenvalue weighted by Gasteiger charge is 2.49. The fraction of sp³-hybridized carbons (Fsp3) is 0.286. The fourth-order valence-electron chi connectivity index (χ4n) is 6.42. The number of halogens is 1. The average molecular weight is 397 g/mol. The Kier molecular flexibility index (Phi) is 3.84. The highest BCUT2D eigenvalue weighted by atomic mass is 35.5. The Morgan fingerprint density at radius 3 is 2.48 bits per heavy atom. The van der Waals surface area contributed by atoms with Crippen LogP contribution in [-0.4, -0.2) is 0 Å². The standard InChI is InChI=1S/C28H25Cl/c1-18-15-19-13-14-28(21(16-18)17-19)25-7-3-2-5-24(25)27-23(6-4-8-26(27)28)20-9-11-22(29)12-10-20/h2-12,16,18-19H,13-15,17H2,1H3. The SMILES string of the molecule is CC1C=C2CC(CCC23c2ccccc2-c2c(-c4ccc(Cl)cc4)cccc23)C1. The Bertz CT molecular complexity index is 1140. The molecule has 1 spiro atoms. The van der Waals surface area contributed by atoms with E-state index in [1.807, 2.05) is 12.1 Å². The zero-order chi connectivity index (χ0) is 19.6. The van der Waals surface area contributed by atoms with Crippen LogP contribution >= 0.6 is 11.6 Å². The minimum atomic E-state index is 0.0690. The van der Waals surface area contributed by atoms with Crippen LogP contribution in [0.4, 0.5) is 0 Å². The number of allylic oxidation sites excluding steroid dienone is 2. The van der Waals surface area contributed by atoms with Gasteiger partial charge in [0.2, 0.25) is 0 Å². The number of fused-ring (bicyclic) bond motifs is 8. The van der Waals surface area contributed by atoms with Gasteiger partial charge in [-0.05, 0) is 83.0 Å². The van der Waals surface area contributed by atoms with Crippen molar-refractivity contribution in [2.45, 2.75) is 38.0 Å². The molecule has 2 bridgehead atoms. The molecule has 0 amide bonds. The highest BCUT2D eigenvalue weighted by Crippen LogP contribution is 2.61. The Morgan fingerprint density at radius 2 is 1.62 bits per heavy atom. The fourth-order valence-corrected chi connectivity index (χ4v) is 6.55. The first-order valence-electron chi connectivity index (χ1n) is 10.9. The van der Waals surface area contributed by atoms with Crippen molar-refractivity contribution in [3.05, 3.63) is 94.5 Å².